The number of nitrogens with two attached hydrogens (primary N) is 1. The van der Waals surface area contributed by atoms with Gasteiger partial charge < -0.3 is 19.9 Å². The fourth-order valence-electron chi connectivity index (χ4n) is 1.69. The van der Waals surface area contributed by atoms with Gasteiger partial charge in [-0.05, 0) is 13.3 Å². The lowest BCUT2D eigenvalue weighted by molar-refractivity contribution is 0.190. The average molecular weight is 226 g/mol. The predicted molar refractivity (Wildman–Crippen MR) is 65.7 cm³/mol. The third kappa shape index (κ3) is 3.50. The maximum atomic E-state index is 5.58. The SMILES string of the molecule is CCN(CCN)c1nccn1CCCOC. The zero-order chi connectivity index (χ0) is 11.8. The van der Waals surface area contributed by atoms with Crippen molar-refractivity contribution in [1.29, 1.82) is 0 Å². The summed E-state index contributed by atoms with van der Waals surface area (Å²) in [4.78, 5) is 6.56. The first-order chi connectivity index (χ1) is 7.83. The quantitative estimate of drug-likeness (QED) is 0.663. The zero-order valence-corrected chi connectivity index (χ0v) is 10.2. The normalized spacial score (nSPS) is 10.7. The number of hydrogen-bond donors (Lipinski definition) is 1. The topological polar surface area (TPSA) is 56.3 Å². The Balaban J connectivity index is 2.60. The van der Waals surface area contributed by atoms with Crippen LogP contribution < -0.4 is 10.6 Å². The molecule has 1 aromatic heterocycles. The molecule has 0 aliphatic rings. The summed E-state index contributed by atoms with van der Waals surface area (Å²) in [5, 5.41) is 0. The first kappa shape index (κ1) is 13.0. The molecule has 16 heavy (non-hydrogen) atoms. The third-order valence-corrected chi connectivity index (χ3v) is 2.50. The van der Waals surface area contributed by atoms with Gasteiger partial charge in [-0.2, -0.15) is 0 Å². The van der Waals surface area contributed by atoms with Gasteiger partial charge in [-0.3, -0.25) is 0 Å². The van der Waals surface area contributed by atoms with Crippen LogP contribution in [0.4, 0.5) is 5.95 Å². The molecular weight excluding hydrogens is 204 g/mol. The van der Waals surface area contributed by atoms with E-state index >= 15 is 0 Å². The van der Waals surface area contributed by atoms with Gasteiger partial charge in [0.15, 0.2) is 0 Å². The van der Waals surface area contributed by atoms with Gasteiger partial charge >= 0.3 is 0 Å². The molecule has 1 heterocycles. The fraction of sp³-hybridized carbons (Fsp3) is 0.727. The number of imidazole rings is 1. The Morgan fingerprint density at radius 1 is 1.56 bits per heavy atom. The minimum atomic E-state index is 0.652. The van der Waals surface area contributed by atoms with Gasteiger partial charge in [-0.25, -0.2) is 4.98 Å². The van der Waals surface area contributed by atoms with Crippen LogP contribution in [0.2, 0.25) is 0 Å². The van der Waals surface area contributed by atoms with Gasteiger partial charge in [0.25, 0.3) is 0 Å². The van der Waals surface area contributed by atoms with E-state index < -0.39 is 0 Å². The molecule has 0 spiro atoms. The van der Waals surface area contributed by atoms with E-state index in [1.54, 1.807) is 7.11 Å². The molecule has 0 fully saturated rings. The third-order valence-electron chi connectivity index (χ3n) is 2.50. The molecule has 2 N–H and O–H groups in total. The Labute approximate surface area is 97.2 Å². The number of methoxy groups -OCH3 is 1. The van der Waals surface area contributed by atoms with Crippen molar-refractivity contribution in [3.05, 3.63) is 12.4 Å². The number of hydrogen-bond acceptors (Lipinski definition) is 4. The summed E-state index contributed by atoms with van der Waals surface area (Å²) in [6.45, 7) is 6.25. The second kappa shape index (κ2) is 7.24. The van der Waals surface area contributed by atoms with E-state index in [0.717, 1.165) is 38.6 Å². The van der Waals surface area contributed by atoms with Gasteiger partial charge in [-0.1, -0.05) is 0 Å². The van der Waals surface area contributed by atoms with Crippen molar-refractivity contribution in [3.8, 4) is 0 Å². The molecule has 1 aromatic rings. The Kier molecular flexibility index (Phi) is 5.88. The predicted octanol–water partition coefficient (Wildman–Crippen LogP) is 0.705. The van der Waals surface area contributed by atoms with Crippen LogP contribution in [0.1, 0.15) is 13.3 Å². The minimum absolute atomic E-state index is 0.652. The van der Waals surface area contributed by atoms with Gasteiger partial charge in [0.2, 0.25) is 5.95 Å². The van der Waals surface area contributed by atoms with E-state index in [1.807, 2.05) is 12.4 Å². The van der Waals surface area contributed by atoms with Crippen LogP contribution in [0.15, 0.2) is 12.4 Å². The zero-order valence-electron chi connectivity index (χ0n) is 10.2. The Bertz CT molecular complexity index is 287. The standard InChI is InChI=1S/C11H22N4O/c1-3-14(8-5-12)11-13-6-9-15(11)7-4-10-16-2/h6,9H,3-5,7-8,10,12H2,1-2H3. The van der Waals surface area contributed by atoms with Crippen molar-refractivity contribution in [2.45, 2.75) is 19.9 Å². The lowest BCUT2D eigenvalue weighted by Gasteiger charge is -2.22. The molecular formula is C11H22N4O. The van der Waals surface area contributed by atoms with E-state index in [2.05, 4.69) is 21.4 Å². The average Bonchev–Trinajstić information content (AvgIpc) is 2.74. The van der Waals surface area contributed by atoms with Crippen LogP contribution in [-0.2, 0) is 11.3 Å². The van der Waals surface area contributed by atoms with Gasteiger partial charge in [0.1, 0.15) is 0 Å². The van der Waals surface area contributed by atoms with Crippen LogP contribution in [0.5, 0.6) is 0 Å². The van der Waals surface area contributed by atoms with Crippen LogP contribution in [0.25, 0.3) is 0 Å². The van der Waals surface area contributed by atoms with Crippen molar-refractivity contribution < 1.29 is 4.74 Å². The van der Waals surface area contributed by atoms with E-state index in [0.29, 0.717) is 6.54 Å². The first-order valence-electron chi connectivity index (χ1n) is 5.78. The minimum Gasteiger partial charge on any atom is -0.385 e. The fourth-order valence-corrected chi connectivity index (χ4v) is 1.69. The molecule has 0 aliphatic heterocycles. The highest BCUT2D eigenvalue weighted by atomic mass is 16.5. The monoisotopic (exact) mass is 226 g/mol. The smallest absolute Gasteiger partial charge is 0.205 e. The summed E-state index contributed by atoms with van der Waals surface area (Å²) in [6.07, 6.45) is 4.84. The number of ether oxygens (including phenoxy) is 1. The Morgan fingerprint density at radius 3 is 3.00 bits per heavy atom. The first-order valence-corrected chi connectivity index (χ1v) is 5.78. The summed E-state index contributed by atoms with van der Waals surface area (Å²) in [5.41, 5.74) is 5.58. The highest BCUT2D eigenvalue weighted by Gasteiger charge is 2.09. The van der Waals surface area contributed by atoms with Gasteiger partial charge in [0, 0.05) is 52.3 Å². The summed E-state index contributed by atoms with van der Waals surface area (Å²) in [5.74, 6) is 1.00. The summed E-state index contributed by atoms with van der Waals surface area (Å²) < 4.78 is 7.20. The van der Waals surface area contributed by atoms with E-state index in [4.69, 9.17) is 10.5 Å². The summed E-state index contributed by atoms with van der Waals surface area (Å²) in [7, 11) is 1.72. The molecule has 0 aliphatic carbocycles. The molecule has 0 unspecified atom stereocenters. The van der Waals surface area contributed by atoms with Crippen molar-refractivity contribution in [2.24, 2.45) is 5.73 Å². The lowest BCUT2D eigenvalue weighted by Crippen LogP contribution is -2.31. The maximum absolute atomic E-state index is 5.58. The number of anilines is 1. The highest BCUT2D eigenvalue weighted by Crippen LogP contribution is 2.11. The molecule has 0 saturated heterocycles. The molecule has 0 radical (unpaired) electrons. The Morgan fingerprint density at radius 2 is 2.38 bits per heavy atom. The molecule has 5 heteroatoms. The largest absolute Gasteiger partial charge is 0.385 e. The molecule has 0 atom stereocenters. The lowest BCUT2D eigenvalue weighted by atomic mass is 10.4. The van der Waals surface area contributed by atoms with E-state index in [1.165, 1.54) is 0 Å². The van der Waals surface area contributed by atoms with Crippen LogP contribution in [-0.4, -0.2) is 42.9 Å². The number of likely N-dealkylation sites (N-methyl/N-ethyl adjacent to an activating group) is 1. The van der Waals surface area contributed by atoms with Crippen molar-refractivity contribution in [1.82, 2.24) is 9.55 Å². The van der Waals surface area contributed by atoms with Crippen LogP contribution in [0.3, 0.4) is 0 Å². The highest BCUT2D eigenvalue weighted by molar-refractivity contribution is 5.30. The van der Waals surface area contributed by atoms with Gasteiger partial charge in [-0.15, -0.1) is 0 Å². The summed E-state index contributed by atoms with van der Waals surface area (Å²) in [6, 6.07) is 0. The number of nitrogens with zero attached hydrogens (tertiary/aromatic N) is 3. The number of rotatable bonds is 8. The number of aromatic nitrogens is 2. The molecule has 0 saturated carbocycles. The number of aryl methyl sites for hydroxylation is 1. The second-order valence-electron chi connectivity index (χ2n) is 3.64. The van der Waals surface area contributed by atoms with Crippen molar-refractivity contribution in [2.75, 3.05) is 38.3 Å². The van der Waals surface area contributed by atoms with Crippen LogP contribution in [0, 0.1) is 0 Å². The molecule has 5 nitrogen and oxygen atoms in total. The van der Waals surface area contributed by atoms with Crippen molar-refractivity contribution >= 4 is 5.95 Å². The molecule has 0 aromatic carbocycles. The molecule has 1 rings (SSSR count). The molecule has 92 valence electrons. The van der Waals surface area contributed by atoms with Crippen LogP contribution >= 0.6 is 0 Å². The van der Waals surface area contributed by atoms with Crippen molar-refractivity contribution in [3.63, 3.8) is 0 Å². The molecule has 0 amide bonds. The summed E-state index contributed by atoms with van der Waals surface area (Å²) >= 11 is 0. The second-order valence-corrected chi connectivity index (χ2v) is 3.64. The van der Waals surface area contributed by atoms with E-state index in [9.17, 15) is 0 Å². The maximum Gasteiger partial charge on any atom is 0.205 e. The molecule has 0 bridgehead atoms. The van der Waals surface area contributed by atoms with Gasteiger partial charge in [0.05, 0.1) is 0 Å². The Hall–Kier alpha value is -1.07. The van der Waals surface area contributed by atoms with E-state index in [-0.39, 0.29) is 0 Å².